The molecule has 40 heavy (non-hydrogen) atoms. The summed E-state index contributed by atoms with van der Waals surface area (Å²) in [5.41, 5.74) is 1.80. The van der Waals surface area contributed by atoms with Crippen LogP contribution in [0.4, 0.5) is 4.79 Å². The topological polar surface area (TPSA) is 46.5 Å². The van der Waals surface area contributed by atoms with Crippen molar-refractivity contribution in [2.45, 2.75) is 169 Å². The fourth-order valence-corrected chi connectivity index (χ4v) is 10.7. The van der Waals surface area contributed by atoms with E-state index in [1.54, 1.807) is 5.57 Å². The van der Waals surface area contributed by atoms with Crippen molar-refractivity contribution in [3.05, 3.63) is 11.6 Å². The lowest BCUT2D eigenvalue weighted by Crippen LogP contribution is -2.53. The van der Waals surface area contributed by atoms with Crippen molar-refractivity contribution >= 4 is 6.16 Å². The predicted octanol–water partition coefficient (Wildman–Crippen LogP) is 11.6. The second kappa shape index (κ2) is 13.5. The molecule has 4 aliphatic rings. The first kappa shape index (κ1) is 31.9. The number of carboxylic acid groups (broad SMARTS) is 1. The van der Waals surface area contributed by atoms with Gasteiger partial charge < -0.3 is 9.84 Å². The minimum Gasteiger partial charge on any atom is -0.450 e. The van der Waals surface area contributed by atoms with Crippen LogP contribution in [0.25, 0.3) is 0 Å². The summed E-state index contributed by atoms with van der Waals surface area (Å²) in [6.45, 7) is 14.8. The van der Waals surface area contributed by atoms with Crippen molar-refractivity contribution in [2.24, 2.45) is 46.3 Å². The monoisotopic (exact) mass is 556 g/mol. The average molecular weight is 557 g/mol. The van der Waals surface area contributed by atoms with Gasteiger partial charge >= 0.3 is 6.16 Å². The maximum atomic E-state index is 11.9. The van der Waals surface area contributed by atoms with Gasteiger partial charge in [-0.05, 0) is 104 Å². The normalized spacial score (nSPS) is 37.8. The molecular weight excluding hydrogens is 492 g/mol. The molecule has 0 bridgehead atoms. The Balaban J connectivity index is 1.42. The van der Waals surface area contributed by atoms with Gasteiger partial charge in [-0.15, -0.1) is 0 Å². The van der Waals surface area contributed by atoms with Gasteiger partial charge in [-0.3, -0.25) is 0 Å². The molecular formula is C37H64O3. The van der Waals surface area contributed by atoms with Gasteiger partial charge in [-0.2, -0.15) is 0 Å². The Morgan fingerprint density at radius 3 is 2.35 bits per heavy atom. The largest absolute Gasteiger partial charge is 0.506 e. The summed E-state index contributed by atoms with van der Waals surface area (Å²) in [5, 5.41) is 9.72. The number of fused-ring (bicyclic) bond motifs is 5. The molecule has 1 unspecified atom stereocenters. The van der Waals surface area contributed by atoms with Crippen molar-refractivity contribution in [2.75, 3.05) is 0 Å². The van der Waals surface area contributed by atoms with E-state index in [-0.39, 0.29) is 5.41 Å². The molecule has 0 heterocycles. The number of allylic oxidation sites excluding steroid dienone is 1. The third-order valence-corrected chi connectivity index (χ3v) is 13.0. The molecule has 0 radical (unpaired) electrons. The zero-order valence-corrected chi connectivity index (χ0v) is 27.2. The molecule has 230 valence electrons. The summed E-state index contributed by atoms with van der Waals surface area (Å²) >= 11 is 0. The van der Waals surface area contributed by atoms with Crippen molar-refractivity contribution in [3.63, 3.8) is 0 Å². The average Bonchev–Trinajstić information content (AvgIpc) is 3.25. The molecule has 3 fully saturated rings. The van der Waals surface area contributed by atoms with Gasteiger partial charge in [0.2, 0.25) is 0 Å². The van der Waals surface area contributed by atoms with Crippen LogP contribution < -0.4 is 0 Å². The minimum atomic E-state index is -1.08. The summed E-state index contributed by atoms with van der Waals surface area (Å²) in [7, 11) is 0. The van der Waals surface area contributed by atoms with Crippen LogP contribution in [0, 0.1) is 46.3 Å². The van der Waals surface area contributed by atoms with Crippen LogP contribution in [0.2, 0.25) is 0 Å². The Morgan fingerprint density at radius 1 is 0.925 bits per heavy atom. The summed E-state index contributed by atoms with van der Waals surface area (Å²) < 4.78 is 5.80. The zero-order valence-electron chi connectivity index (χ0n) is 27.2. The molecule has 0 aromatic carbocycles. The second-order valence-corrected chi connectivity index (χ2v) is 15.9. The molecule has 0 amide bonds. The third kappa shape index (κ3) is 6.80. The van der Waals surface area contributed by atoms with E-state index in [0.717, 1.165) is 67.6 Å². The van der Waals surface area contributed by atoms with Gasteiger partial charge in [-0.1, -0.05) is 111 Å². The van der Waals surface area contributed by atoms with E-state index in [9.17, 15) is 9.90 Å². The van der Waals surface area contributed by atoms with Crippen molar-refractivity contribution < 1.29 is 14.6 Å². The van der Waals surface area contributed by atoms with Gasteiger partial charge in [-0.25, -0.2) is 4.79 Å². The van der Waals surface area contributed by atoms with Gasteiger partial charge in [0.05, 0.1) is 0 Å². The van der Waals surface area contributed by atoms with Crippen LogP contribution in [0.1, 0.15) is 164 Å². The highest BCUT2D eigenvalue weighted by molar-refractivity contribution is 5.58. The highest BCUT2D eigenvalue weighted by Gasteiger charge is 2.60. The number of unbranched alkanes of at least 4 members (excludes halogenated alkanes) is 6. The lowest BCUT2D eigenvalue weighted by molar-refractivity contribution is -0.0877. The van der Waals surface area contributed by atoms with Crippen LogP contribution in [0.3, 0.4) is 0 Å². The first-order valence-corrected chi connectivity index (χ1v) is 17.7. The summed E-state index contributed by atoms with van der Waals surface area (Å²) in [4.78, 5) is 11.9. The SMILES string of the molecule is CCCCCCCCCC1(OC(=O)O)CC[C@@]2(C)C(=CC[C@H]3[C@@H]4CC[C@H]([C@H](C)CCCC(C)C)[C@@]4(C)CC[C@@H]32)C1. The first-order chi connectivity index (χ1) is 19.0. The van der Waals surface area contributed by atoms with Crippen LogP contribution in [-0.2, 0) is 4.74 Å². The van der Waals surface area contributed by atoms with E-state index in [1.165, 1.54) is 89.9 Å². The molecule has 0 aliphatic heterocycles. The van der Waals surface area contributed by atoms with E-state index in [0.29, 0.717) is 5.41 Å². The molecule has 0 spiro atoms. The number of carbonyl (C=O) groups is 1. The Morgan fingerprint density at radius 2 is 1.65 bits per heavy atom. The molecule has 3 nitrogen and oxygen atoms in total. The molecule has 3 saturated carbocycles. The van der Waals surface area contributed by atoms with Gasteiger partial charge in [0.1, 0.15) is 5.60 Å². The van der Waals surface area contributed by atoms with Crippen LogP contribution in [0.5, 0.6) is 0 Å². The highest BCUT2D eigenvalue weighted by atomic mass is 16.7. The van der Waals surface area contributed by atoms with Crippen molar-refractivity contribution in [3.8, 4) is 0 Å². The number of ether oxygens (including phenoxy) is 1. The van der Waals surface area contributed by atoms with E-state index >= 15 is 0 Å². The van der Waals surface area contributed by atoms with Gasteiger partial charge in [0.15, 0.2) is 0 Å². The molecule has 0 aromatic rings. The smallest absolute Gasteiger partial charge is 0.450 e. The van der Waals surface area contributed by atoms with Crippen LogP contribution >= 0.6 is 0 Å². The van der Waals surface area contributed by atoms with E-state index in [4.69, 9.17) is 4.74 Å². The molecule has 4 rings (SSSR count). The number of hydrogen-bond donors (Lipinski definition) is 1. The van der Waals surface area contributed by atoms with Crippen molar-refractivity contribution in [1.29, 1.82) is 0 Å². The first-order valence-electron chi connectivity index (χ1n) is 17.7. The molecule has 3 heteroatoms. The molecule has 0 saturated heterocycles. The Kier molecular flexibility index (Phi) is 10.8. The molecule has 1 N–H and O–H groups in total. The Bertz CT molecular complexity index is 861. The lowest BCUT2D eigenvalue weighted by atomic mass is 9.46. The van der Waals surface area contributed by atoms with Gasteiger partial charge in [0, 0.05) is 6.42 Å². The van der Waals surface area contributed by atoms with Crippen LogP contribution in [-0.4, -0.2) is 16.9 Å². The summed E-state index contributed by atoms with van der Waals surface area (Å²) in [6, 6.07) is 0. The van der Waals surface area contributed by atoms with Crippen LogP contribution in [0.15, 0.2) is 11.6 Å². The predicted molar refractivity (Wildman–Crippen MR) is 167 cm³/mol. The standard InChI is InChI=1S/C37H64O3/c1-7-8-9-10-11-12-13-22-37(40-34(38)39)25-24-35(5)29(26-37)17-18-30-32-20-19-31(28(4)16-14-15-27(2)3)36(32,6)23-21-33(30)35/h17,27-28,30-33H,7-16,18-26H2,1-6H3,(H,38,39)/t28-,30+,31-,32+,33+,35+,36-,37?/m1/s1. The maximum absolute atomic E-state index is 11.9. The second-order valence-electron chi connectivity index (χ2n) is 15.9. The third-order valence-electron chi connectivity index (χ3n) is 13.0. The van der Waals surface area contributed by atoms with E-state index in [2.05, 4.69) is 47.6 Å². The fraction of sp³-hybridized carbons (Fsp3) is 0.919. The lowest BCUT2D eigenvalue weighted by Gasteiger charge is -2.59. The number of hydrogen-bond acceptors (Lipinski definition) is 2. The van der Waals surface area contributed by atoms with Crippen molar-refractivity contribution in [1.82, 2.24) is 0 Å². The number of rotatable bonds is 14. The zero-order chi connectivity index (χ0) is 29.0. The Labute approximate surface area is 247 Å². The Hall–Kier alpha value is -0.990. The van der Waals surface area contributed by atoms with E-state index in [1.807, 2.05) is 0 Å². The minimum absolute atomic E-state index is 0.233. The summed E-state index contributed by atoms with van der Waals surface area (Å²) in [6.07, 6.45) is 25.1. The molecule has 0 aromatic heterocycles. The molecule has 4 aliphatic carbocycles. The quantitative estimate of drug-likeness (QED) is 0.131. The molecule has 8 atom stereocenters. The van der Waals surface area contributed by atoms with E-state index < -0.39 is 11.8 Å². The fourth-order valence-electron chi connectivity index (χ4n) is 10.7. The summed E-state index contributed by atoms with van der Waals surface area (Å²) in [5.74, 6) is 5.02. The van der Waals surface area contributed by atoms with Gasteiger partial charge in [0.25, 0.3) is 0 Å². The maximum Gasteiger partial charge on any atom is 0.506 e. The highest BCUT2D eigenvalue weighted by Crippen LogP contribution is 2.68.